The van der Waals surface area contributed by atoms with Gasteiger partial charge in [0.2, 0.25) is 11.4 Å². The number of hydrogen-bond acceptors (Lipinski definition) is 1. The molecule has 0 bridgehead atoms. The van der Waals surface area contributed by atoms with E-state index in [1.807, 2.05) is 0 Å². The fraction of sp³-hybridized carbons (Fsp3) is 0.550. The minimum absolute atomic E-state index is 0.0100. The molecule has 1 aromatic carbocycles. The van der Waals surface area contributed by atoms with E-state index in [2.05, 4.69) is 63.5 Å². The summed E-state index contributed by atoms with van der Waals surface area (Å²) < 4.78 is 8.82. The van der Waals surface area contributed by atoms with Crippen LogP contribution in [0.4, 0.5) is 0 Å². The summed E-state index contributed by atoms with van der Waals surface area (Å²) >= 11 is 0. The van der Waals surface area contributed by atoms with Gasteiger partial charge >= 0.3 is 5.89 Å². The Morgan fingerprint density at radius 1 is 1.05 bits per heavy atom. The predicted molar refractivity (Wildman–Crippen MR) is 89.6 cm³/mol. The molecule has 1 fully saturated rings. The quantitative estimate of drug-likeness (QED) is 0.703. The number of benzene rings is 1. The highest BCUT2D eigenvalue weighted by Gasteiger charge is 2.39. The number of aryl methyl sites for hydroxylation is 1. The summed E-state index contributed by atoms with van der Waals surface area (Å²) in [6, 6.07) is 8.59. The van der Waals surface area contributed by atoms with Gasteiger partial charge in [-0.3, -0.25) is 0 Å². The molecule has 2 aromatic rings. The highest BCUT2D eigenvalue weighted by molar-refractivity contribution is 5.33. The third-order valence-corrected chi connectivity index (χ3v) is 4.83. The molecule has 1 aromatic heterocycles. The molecule has 0 amide bonds. The first-order valence-electron chi connectivity index (χ1n) is 8.51. The summed E-state index contributed by atoms with van der Waals surface area (Å²) in [5.74, 6) is 2.89. The number of oxazole rings is 1. The van der Waals surface area contributed by atoms with Crippen LogP contribution in [0.25, 0.3) is 5.69 Å². The lowest BCUT2D eigenvalue weighted by Gasteiger charge is -2.11. The summed E-state index contributed by atoms with van der Waals surface area (Å²) in [5, 5.41) is 0. The lowest BCUT2D eigenvalue weighted by Crippen LogP contribution is -2.41. The van der Waals surface area contributed by atoms with E-state index in [1.54, 1.807) is 0 Å². The van der Waals surface area contributed by atoms with E-state index in [0.29, 0.717) is 5.92 Å². The highest BCUT2D eigenvalue weighted by Crippen LogP contribution is 2.37. The van der Waals surface area contributed by atoms with Crippen molar-refractivity contribution in [2.45, 2.75) is 71.6 Å². The van der Waals surface area contributed by atoms with Gasteiger partial charge in [-0.1, -0.05) is 31.0 Å². The average Bonchev–Trinajstić information content (AvgIpc) is 3.06. The molecule has 2 nitrogen and oxygen atoms in total. The first-order valence-corrected chi connectivity index (χ1v) is 8.51. The minimum Gasteiger partial charge on any atom is -0.405 e. The molecule has 118 valence electrons. The van der Waals surface area contributed by atoms with Gasteiger partial charge in [0.1, 0.15) is 0 Å². The number of aromatic nitrogens is 1. The van der Waals surface area contributed by atoms with Gasteiger partial charge < -0.3 is 4.42 Å². The molecule has 22 heavy (non-hydrogen) atoms. The van der Waals surface area contributed by atoms with Gasteiger partial charge in [0.25, 0.3) is 0 Å². The van der Waals surface area contributed by atoms with Crippen molar-refractivity contribution >= 4 is 0 Å². The van der Waals surface area contributed by atoms with Crippen LogP contribution in [0.2, 0.25) is 0 Å². The van der Waals surface area contributed by atoms with Gasteiger partial charge in [-0.15, -0.1) is 4.57 Å². The van der Waals surface area contributed by atoms with Crippen molar-refractivity contribution in [1.82, 2.24) is 0 Å². The maximum Gasteiger partial charge on any atom is 0.358 e. The minimum atomic E-state index is -0.0100. The fourth-order valence-electron chi connectivity index (χ4n) is 3.65. The molecular weight excluding hydrogens is 270 g/mol. The van der Waals surface area contributed by atoms with Crippen molar-refractivity contribution in [1.29, 1.82) is 0 Å². The van der Waals surface area contributed by atoms with Crippen LogP contribution < -0.4 is 4.57 Å². The van der Waals surface area contributed by atoms with Gasteiger partial charge in [-0.2, -0.15) is 0 Å². The average molecular weight is 298 g/mol. The summed E-state index contributed by atoms with van der Waals surface area (Å²) in [6.45, 7) is 11.1. The topological polar surface area (TPSA) is 17.0 Å². The van der Waals surface area contributed by atoms with Gasteiger partial charge in [-0.05, 0) is 40.5 Å². The first-order chi connectivity index (χ1) is 10.4. The highest BCUT2D eigenvalue weighted by atomic mass is 16.4. The van der Waals surface area contributed by atoms with Gasteiger partial charge in [0.15, 0.2) is 5.76 Å². The molecule has 0 saturated heterocycles. The van der Waals surface area contributed by atoms with Gasteiger partial charge in [0.05, 0.1) is 5.41 Å². The molecule has 3 rings (SSSR count). The Labute approximate surface area is 134 Å². The third kappa shape index (κ3) is 2.60. The van der Waals surface area contributed by atoms with Crippen LogP contribution in [0.3, 0.4) is 0 Å². The van der Waals surface area contributed by atoms with Crippen molar-refractivity contribution in [2.24, 2.45) is 0 Å². The third-order valence-electron chi connectivity index (χ3n) is 4.83. The molecule has 1 saturated carbocycles. The molecule has 0 unspecified atom stereocenters. The maximum atomic E-state index is 6.47. The normalized spacial score (nSPS) is 16.4. The van der Waals surface area contributed by atoms with E-state index in [4.69, 9.17) is 4.42 Å². The Hall–Kier alpha value is -1.57. The van der Waals surface area contributed by atoms with Crippen LogP contribution in [0.1, 0.15) is 75.3 Å². The lowest BCUT2D eigenvalue weighted by molar-refractivity contribution is -0.619. The molecule has 1 aliphatic carbocycles. The molecular formula is C20H28NO+. The number of rotatable bonds is 2. The van der Waals surface area contributed by atoms with Crippen molar-refractivity contribution in [3.63, 3.8) is 0 Å². The molecule has 0 aliphatic heterocycles. The van der Waals surface area contributed by atoms with Crippen LogP contribution in [0, 0.1) is 13.8 Å². The Kier molecular flexibility index (Phi) is 3.88. The Balaban J connectivity index is 2.21. The van der Waals surface area contributed by atoms with Crippen LogP contribution in [-0.2, 0) is 5.41 Å². The predicted octanol–water partition coefficient (Wildman–Crippen LogP) is 5.13. The van der Waals surface area contributed by atoms with Gasteiger partial charge in [0, 0.05) is 24.5 Å². The smallest absolute Gasteiger partial charge is 0.358 e. The van der Waals surface area contributed by atoms with E-state index < -0.39 is 0 Å². The summed E-state index contributed by atoms with van der Waals surface area (Å²) in [7, 11) is 0. The SMILES string of the molecule is Cc1ccccc1-[n+]1c(C(C)(C)C)oc(C2CCCC2)c1C. The Morgan fingerprint density at radius 2 is 1.68 bits per heavy atom. The number of para-hydroxylation sites is 1. The fourth-order valence-corrected chi connectivity index (χ4v) is 3.65. The standard InChI is InChI=1S/C20H28NO/c1-14-10-6-9-13-17(14)21-15(2)18(16-11-7-8-12-16)22-19(21)20(3,4)5/h6,9-10,13,16H,7-8,11-12H2,1-5H3/q+1. The molecule has 0 N–H and O–H groups in total. The zero-order valence-electron chi connectivity index (χ0n) is 14.6. The van der Waals surface area contributed by atoms with Crippen LogP contribution in [0.5, 0.6) is 0 Å². The first kappa shape index (κ1) is 15.3. The summed E-state index contributed by atoms with van der Waals surface area (Å²) in [6.07, 6.45) is 5.21. The summed E-state index contributed by atoms with van der Waals surface area (Å²) in [4.78, 5) is 0. The summed E-state index contributed by atoms with van der Waals surface area (Å²) in [5.41, 5.74) is 3.81. The van der Waals surface area contributed by atoms with E-state index in [9.17, 15) is 0 Å². The van der Waals surface area contributed by atoms with Crippen molar-refractivity contribution in [3.05, 3.63) is 47.2 Å². The van der Waals surface area contributed by atoms with Crippen molar-refractivity contribution in [2.75, 3.05) is 0 Å². The van der Waals surface area contributed by atoms with E-state index in [1.165, 1.54) is 48.4 Å². The molecule has 0 spiro atoms. The van der Waals surface area contributed by atoms with E-state index >= 15 is 0 Å². The molecule has 0 atom stereocenters. The molecule has 0 radical (unpaired) electrons. The second kappa shape index (κ2) is 5.57. The second-order valence-electron chi connectivity index (χ2n) is 7.71. The second-order valence-corrected chi connectivity index (χ2v) is 7.71. The molecule has 1 aliphatic rings. The number of nitrogens with zero attached hydrogens (tertiary/aromatic N) is 1. The van der Waals surface area contributed by atoms with Crippen LogP contribution >= 0.6 is 0 Å². The van der Waals surface area contributed by atoms with E-state index in [0.717, 1.165) is 5.89 Å². The largest absolute Gasteiger partial charge is 0.405 e. The zero-order valence-corrected chi connectivity index (χ0v) is 14.6. The number of hydrogen-bond donors (Lipinski definition) is 0. The maximum absolute atomic E-state index is 6.47. The monoisotopic (exact) mass is 298 g/mol. The van der Waals surface area contributed by atoms with Gasteiger partial charge in [-0.25, -0.2) is 0 Å². The van der Waals surface area contributed by atoms with Crippen LogP contribution in [0.15, 0.2) is 28.7 Å². The van der Waals surface area contributed by atoms with E-state index in [-0.39, 0.29) is 5.41 Å². The Morgan fingerprint density at radius 3 is 2.27 bits per heavy atom. The van der Waals surface area contributed by atoms with Crippen molar-refractivity contribution < 1.29 is 8.98 Å². The zero-order chi connectivity index (χ0) is 15.9. The molecule has 1 heterocycles. The van der Waals surface area contributed by atoms with Crippen LogP contribution in [-0.4, -0.2) is 0 Å². The molecule has 2 heteroatoms. The van der Waals surface area contributed by atoms with Crippen molar-refractivity contribution in [3.8, 4) is 5.69 Å². The Bertz CT molecular complexity index is 670. The lowest BCUT2D eigenvalue weighted by atomic mass is 9.96.